The van der Waals surface area contributed by atoms with Crippen molar-refractivity contribution in [2.75, 3.05) is 60.0 Å². The molecule has 0 spiro atoms. The van der Waals surface area contributed by atoms with Gasteiger partial charge in [-0.05, 0) is 31.3 Å². The Balaban J connectivity index is 2.31. The first-order valence-electron chi connectivity index (χ1n) is 8.62. The van der Waals surface area contributed by atoms with Crippen LogP contribution >= 0.6 is 0 Å². The molecule has 23 heavy (non-hydrogen) atoms. The Morgan fingerprint density at radius 1 is 1.13 bits per heavy atom. The third-order valence-electron chi connectivity index (χ3n) is 4.69. The topological polar surface area (TPSA) is 37.0 Å². The molecule has 1 unspecified atom stereocenters. The summed E-state index contributed by atoms with van der Waals surface area (Å²) in [7, 11) is 3.46. The third-order valence-corrected chi connectivity index (χ3v) is 4.69. The fourth-order valence-electron chi connectivity index (χ4n) is 3.31. The first-order valence-corrected chi connectivity index (χ1v) is 8.62. The van der Waals surface area contributed by atoms with Gasteiger partial charge in [0.2, 0.25) is 0 Å². The van der Waals surface area contributed by atoms with Crippen molar-refractivity contribution in [3.63, 3.8) is 0 Å². The van der Waals surface area contributed by atoms with Crippen LogP contribution in [0.1, 0.15) is 25.5 Å². The van der Waals surface area contributed by atoms with Gasteiger partial charge in [-0.1, -0.05) is 13.8 Å². The average Bonchev–Trinajstić information content (AvgIpc) is 2.62. The van der Waals surface area contributed by atoms with Crippen molar-refractivity contribution >= 4 is 0 Å². The van der Waals surface area contributed by atoms with Gasteiger partial charge in [0, 0.05) is 38.3 Å². The molecule has 1 saturated heterocycles. The first-order chi connectivity index (χ1) is 11.2. The highest BCUT2D eigenvalue weighted by Gasteiger charge is 2.25. The van der Waals surface area contributed by atoms with Gasteiger partial charge in [0.05, 0.1) is 20.3 Å². The number of nitrogens with one attached hydrogen (secondary N) is 1. The van der Waals surface area contributed by atoms with Gasteiger partial charge in [-0.2, -0.15) is 0 Å². The van der Waals surface area contributed by atoms with Crippen molar-refractivity contribution in [3.8, 4) is 11.5 Å². The van der Waals surface area contributed by atoms with E-state index >= 15 is 0 Å². The number of hydrogen-bond acceptors (Lipinski definition) is 5. The Morgan fingerprint density at radius 3 is 2.39 bits per heavy atom. The molecule has 0 radical (unpaired) electrons. The van der Waals surface area contributed by atoms with Gasteiger partial charge in [-0.15, -0.1) is 0 Å². The molecule has 5 heteroatoms. The standard InChI is InChI=1S/C18H31N3O2/c1-5-21(6-2)17(14-20-11-9-19-10-12-20)16-13-15(22-3)7-8-18(16)23-4/h7-8,13,17,19H,5-6,9-12,14H2,1-4H3. The van der Waals surface area contributed by atoms with Crippen LogP contribution in [0.15, 0.2) is 18.2 Å². The molecule has 1 aliphatic rings. The number of methoxy groups -OCH3 is 2. The normalized spacial score (nSPS) is 17.3. The van der Waals surface area contributed by atoms with Crippen LogP contribution in [0.25, 0.3) is 0 Å². The lowest BCUT2D eigenvalue weighted by molar-refractivity contribution is 0.136. The van der Waals surface area contributed by atoms with Gasteiger partial charge >= 0.3 is 0 Å². The lowest BCUT2D eigenvalue weighted by atomic mass is 10.0. The molecule has 2 rings (SSSR count). The molecule has 0 bridgehead atoms. The van der Waals surface area contributed by atoms with E-state index in [0.29, 0.717) is 6.04 Å². The Hall–Kier alpha value is -1.30. The molecule has 1 aromatic carbocycles. The number of nitrogens with zero attached hydrogens (tertiary/aromatic N) is 2. The van der Waals surface area contributed by atoms with E-state index in [1.54, 1.807) is 14.2 Å². The number of ether oxygens (including phenoxy) is 2. The summed E-state index contributed by atoms with van der Waals surface area (Å²) in [5.74, 6) is 1.83. The molecule has 1 aliphatic heterocycles. The van der Waals surface area contributed by atoms with E-state index < -0.39 is 0 Å². The van der Waals surface area contributed by atoms with Crippen molar-refractivity contribution in [2.24, 2.45) is 0 Å². The quantitative estimate of drug-likeness (QED) is 0.792. The predicted molar refractivity (Wildman–Crippen MR) is 94.5 cm³/mol. The highest BCUT2D eigenvalue weighted by Crippen LogP contribution is 2.33. The lowest BCUT2D eigenvalue weighted by Crippen LogP contribution is -2.47. The summed E-state index contributed by atoms with van der Waals surface area (Å²) in [6, 6.07) is 6.42. The zero-order valence-electron chi connectivity index (χ0n) is 15.0. The molecule has 1 atom stereocenters. The van der Waals surface area contributed by atoms with Crippen LogP contribution in [-0.4, -0.2) is 69.8 Å². The van der Waals surface area contributed by atoms with Gasteiger partial charge < -0.3 is 14.8 Å². The summed E-state index contributed by atoms with van der Waals surface area (Å²) in [5, 5.41) is 3.43. The van der Waals surface area contributed by atoms with Gasteiger partial charge in [0.25, 0.3) is 0 Å². The fourth-order valence-corrected chi connectivity index (χ4v) is 3.31. The number of rotatable bonds is 8. The SMILES string of the molecule is CCN(CC)C(CN1CCNCC1)c1cc(OC)ccc1OC. The molecule has 0 amide bonds. The smallest absolute Gasteiger partial charge is 0.123 e. The predicted octanol–water partition coefficient (Wildman–Crippen LogP) is 1.99. The monoisotopic (exact) mass is 321 g/mol. The Bertz CT molecular complexity index is 471. The summed E-state index contributed by atoms with van der Waals surface area (Å²) >= 11 is 0. The Kier molecular flexibility index (Phi) is 7.15. The number of benzene rings is 1. The molecule has 0 aromatic heterocycles. The fraction of sp³-hybridized carbons (Fsp3) is 0.667. The van der Waals surface area contributed by atoms with Crippen molar-refractivity contribution in [3.05, 3.63) is 23.8 Å². The minimum absolute atomic E-state index is 0.313. The maximum atomic E-state index is 5.64. The summed E-state index contributed by atoms with van der Waals surface area (Å²) in [6.45, 7) is 11.9. The lowest BCUT2D eigenvalue weighted by Gasteiger charge is -2.37. The second kappa shape index (κ2) is 9.11. The second-order valence-corrected chi connectivity index (χ2v) is 5.90. The largest absolute Gasteiger partial charge is 0.497 e. The summed E-state index contributed by atoms with van der Waals surface area (Å²) in [6.07, 6.45) is 0. The van der Waals surface area contributed by atoms with E-state index in [1.807, 2.05) is 12.1 Å². The van der Waals surface area contributed by atoms with Crippen LogP contribution in [-0.2, 0) is 0 Å². The van der Waals surface area contributed by atoms with Gasteiger partial charge in [0.1, 0.15) is 11.5 Å². The molecular weight excluding hydrogens is 290 g/mol. The van der Waals surface area contributed by atoms with E-state index in [-0.39, 0.29) is 0 Å². The highest BCUT2D eigenvalue weighted by molar-refractivity contribution is 5.42. The van der Waals surface area contributed by atoms with Crippen molar-refractivity contribution in [1.29, 1.82) is 0 Å². The minimum atomic E-state index is 0.313. The van der Waals surface area contributed by atoms with E-state index in [9.17, 15) is 0 Å². The van der Waals surface area contributed by atoms with Gasteiger partial charge in [-0.3, -0.25) is 9.80 Å². The van der Waals surface area contributed by atoms with E-state index in [1.165, 1.54) is 5.56 Å². The maximum absolute atomic E-state index is 5.64. The van der Waals surface area contributed by atoms with Crippen LogP contribution < -0.4 is 14.8 Å². The average molecular weight is 321 g/mol. The third kappa shape index (κ3) is 4.59. The number of likely N-dealkylation sites (N-methyl/N-ethyl adjacent to an activating group) is 1. The van der Waals surface area contributed by atoms with Crippen molar-refractivity contribution in [1.82, 2.24) is 15.1 Å². The molecule has 1 N–H and O–H groups in total. The van der Waals surface area contributed by atoms with Crippen molar-refractivity contribution in [2.45, 2.75) is 19.9 Å². The molecule has 0 aliphatic carbocycles. The molecule has 130 valence electrons. The molecule has 1 heterocycles. The van der Waals surface area contributed by atoms with Crippen molar-refractivity contribution < 1.29 is 9.47 Å². The van der Waals surface area contributed by atoms with Crippen LogP contribution in [0, 0.1) is 0 Å². The first kappa shape index (κ1) is 18.0. The number of hydrogen-bond donors (Lipinski definition) is 1. The van der Waals surface area contributed by atoms with E-state index in [4.69, 9.17) is 9.47 Å². The maximum Gasteiger partial charge on any atom is 0.123 e. The zero-order chi connectivity index (χ0) is 16.7. The van der Waals surface area contributed by atoms with E-state index in [0.717, 1.165) is 57.3 Å². The van der Waals surface area contributed by atoms with Gasteiger partial charge in [-0.25, -0.2) is 0 Å². The van der Waals surface area contributed by atoms with Crippen LogP contribution in [0.3, 0.4) is 0 Å². The Morgan fingerprint density at radius 2 is 1.83 bits per heavy atom. The molecule has 5 nitrogen and oxygen atoms in total. The van der Waals surface area contributed by atoms with Crippen LogP contribution in [0.2, 0.25) is 0 Å². The molecular formula is C18H31N3O2. The molecule has 1 aromatic rings. The van der Waals surface area contributed by atoms with Crippen LogP contribution in [0.4, 0.5) is 0 Å². The number of piperazine rings is 1. The van der Waals surface area contributed by atoms with Crippen LogP contribution in [0.5, 0.6) is 11.5 Å². The molecule has 1 fully saturated rings. The second-order valence-electron chi connectivity index (χ2n) is 5.90. The Labute approximate surface area is 140 Å². The summed E-state index contributed by atoms with van der Waals surface area (Å²) < 4.78 is 11.1. The van der Waals surface area contributed by atoms with Gasteiger partial charge in [0.15, 0.2) is 0 Å². The van der Waals surface area contributed by atoms with E-state index in [2.05, 4.69) is 35.0 Å². The minimum Gasteiger partial charge on any atom is -0.497 e. The summed E-state index contributed by atoms with van der Waals surface area (Å²) in [5.41, 5.74) is 1.22. The summed E-state index contributed by atoms with van der Waals surface area (Å²) in [4.78, 5) is 5.04. The highest BCUT2D eigenvalue weighted by atomic mass is 16.5. The zero-order valence-corrected chi connectivity index (χ0v) is 15.0. The molecule has 0 saturated carbocycles.